The number of nitrogens with one attached hydrogen (secondary N) is 1. The smallest absolute Gasteiger partial charge is 0.234 e. The van der Waals surface area contributed by atoms with Crippen molar-refractivity contribution >= 4 is 39.3 Å². The molecule has 0 radical (unpaired) electrons. The number of hydrogen-bond acceptors (Lipinski definition) is 4. The van der Waals surface area contributed by atoms with E-state index in [0.717, 1.165) is 15.9 Å². The van der Waals surface area contributed by atoms with Gasteiger partial charge in [0.2, 0.25) is 12.7 Å². The highest BCUT2D eigenvalue weighted by Gasteiger charge is 2.14. The van der Waals surface area contributed by atoms with Crippen molar-refractivity contribution in [2.24, 2.45) is 0 Å². The van der Waals surface area contributed by atoms with Gasteiger partial charge in [0.15, 0.2) is 11.5 Å². The molecule has 0 bridgehead atoms. The first kappa shape index (κ1) is 15.2. The molecular weight excluding hydrogens is 366 g/mol. The predicted molar refractivity (Wildman–Crippen MR) is 91.5 cm³/mol. The molecule has 0 saturated heterocycles. The van der Waals surface area contributed by atoms with Crippen LogP contribution in [-0.2, 0) is 10.5 Å². The van der Waals surface area contributed by atoms with Crippen molar-refractivity contribution in [3.05, 3.63) is 52.5 Å². The van der Waals surface area contributed by atoms with Gasteiger partial charge >= 0.3 is 0 Å². The molecule has 0 spiro atoms. The van der Waals surface area contributed by atoms with Gasteiger partial charge in [0.1, 0.15) is 0 Å². The monoisotopic (exact) mass is 379 g/mol. The first-order valence-corrected chi connectivity index (χ1v) is 8.67. The topological polar surface area (TPSA) is 47.6 Å². The van der Waals surface area contributed by atoms with E-state index in [4.69, 9.17) is 9.47 Å². The Morgan fingerprint density at radius 2 is 2.05 bits per heavy atom. The van der Waals surface area contributed by atoms with E-state index in [1.165, 1.54) is 5.56 Å². The highest BCUT2D eigenvalue weighted by atomic mass is 79.9. The van der Waals surface area contributed by atoms with Crippen LogP contribution < -0.4 is 14.8 Å². The largest absolute Gasteiger partial charge is 0.454 e. The summed E-state index contributed by atoms with van der Waals surface area (Å²) in [4.78, 5) is 12.0. The molecule has 114 valence electrons. The van der Waals surface area contributed by atoms with Gasteiger partial charge in [0, 0.05) is 22.0 Å². The maximum absolute atomic E-state index is 12.0. The summed E-state index contributed by atoms with van der Waals surface area (Å²) >= 11 is 5.02. The molecule has 2 aromatic rings. The van der Waals surface area contributed by atoms with Crippen LogP contribution in [0, 0.1) is 0 Å². The van der Waals surface area contributed by atoms with Crippen LogP contribution in [0.3, 0.4) is 0 Å². The molecule has 2 aromatic carbocycles. The van der Waals surface area contributed by atoms with Crippen molar-refractivity contribution in [1.82, 2.24) is 0 Å². The normalized spacial score (nSPS) is 12.2. The number of rotatable bonds is 5. The van der Waals surface area contributed by atoms with Crippen molar-refractivity contribution in [1.29, 1.82) is 0 Å². The fourth-order valence-electron chi connectivity index (χ4n) is 2.06. The standard InChI is InChI=1S/C16H14BrNO3S/c17-12-3-1-2-11(6-12)8-22-9-16(19)18-13-4-5-14-15(7-13)21-10-20-14/h1-7H,8-10H2,(H,18,19). The van der Waals surface area contributed by atoms with Gasteiger partial charge in [-0.25, -0.2) is 0 Å². The van der Waals surface area contributed by atoms with Crippen LogP contribution in [0.4, 0.5) is 5.69 Å². The molecule has 1 heterocycles. The van der Waals surface area contributed by atoms with Gasteiger partial charge in [-0.2, -0.15) is 0 Å². The maximum atomic E-state index is 12.0. The summed E-state index contributed by atoms with van der Waals surface area (Å²) in [5.74, 6) is 2.55. The van der Waals surface area contributed by atoms with Gasteiger partial charge in [0.05, 0.1) is 5.75 Å². The van der Waals surface area contributed by atoms with E-state index < -0.39 is 0 Å². The second-order valence-corrected chi connectivity index (χ2v) is 6.64. The molecule has 0 aliphatic carbocycles. The highest BCUT2D eigenvalue weighted by Crippen LogP contribution is 2.34. The number of fused-ring (bicyclic) bond motifs is 1. The molecule has 3 rings (SSSR count). The van der Waals surface area contributed by atoms with E-state index in [2.05, 4.69) is 27.3 Å². The average Bonchev–Trinajstić information content (AvgIpc) is 2.95. The molecule has 4 nitrogen and oxygen atoms in total. The van der Waals surface area contributed by atoms with Gasteiger partial charge in [0.25, 0.3) is 0 Å². The molecule has 0 atom stereocenters. The van der Waals surface area contributed by atoms with Gasteiger partial charge in [-0.3, -0.25) is 4.79 Å². The van der Waals surface area contributed by atoms with E-state index >= 15 is 0 Å². The quantitative estimate of drug-likeness (QED) is 0.850. The number of carbonyl (C=O) groups is 1. The van der Waals surface area contributed by atoms with E-state index in [-0.39, 0.29) is 12.7 Å². The van der Waals surface area contributed by atoms with Crippen molar-refractivity contribution in [3.8, 4) is 11.5 Å². The minimum absolute atomic E-state index is 0.0288. The minimum Gasteiger partial charge on any atom is -0.454 e. The number of halogens is 1. The minimum atomic E-state index is -0.0288. The van der Waals surface area contributed by atoms with Gasteiger partial charge in [-0.05, 0) is 29.8 Å². The summed E-state index contributed by atoms with van der Waals surface area (Å²) in [5.41, 5.74) is 1.91. The molecule has 0 aromatic heterocycles. The maximum Gasteiger partial charge on any atom is 0.234 e. The summed E-state index contributed by atoms with van der Waals surface area (Å²) < 4.78 is 11.6. The second kappa shape index (κ2) is 7.07. The number of carbonyl (C=O) groups excluding carboxylic acids is 1. The zero-order valence-electron chi connectivity index (χ0n) is 11.7. The van der Waals surface area contributed by atoms with Gasteiger partial charge in [-0.15, -0.1) is 11.8 Å². The number of amides is 1. The molecule has 1 aliphatic heterocycles. The van der Waals surface area contributed by atoms with E-state index in [0.29, 0.717) is 17.3 Å². The third kappa shape index (κ3) is 3.96. The van der Waals surface area contributed by atoms with Crippen molar-refractivity contribution in [3.63, 3.8) is 0 Å². The molecule has 1 amide bonds. The SMILES string of the molecule is O=C(CSCc1cccc(Br)c1)Nc1ccc2c(c1)OCO2. The van der Waals surface area contributed by atoms with Gasteiger partial charge < -0.3 is 14.8 Å². The Bertz CT molecular complexity index is 693. The van der Waals surface area contributed by atoms with E-state index in [1.807, 2.05) is 24.3 Å². The fraction of sp³-hybridized carbons (Fsp3) is 0.188. The van der Waals surface area contributed by atoms with Gasteiger partial charge in [-0.1, -0.05) is 28.1 Å². The lowest BCUT2D eigenvalue weighted by atomic mass is 10.2. The molecule has 6 heteroatoms. The Labute approximate surface area is 141 Å². The average molecular weight is 380 g/mol. The Kier molecular flexibility index (Phi) is 4.90. The van der Waals surface area contributed by atoms with Crippen LogP contribution in [0.25, 0.3) is 0 Å². The van der Waals surface area contributed by atoms with Crippen LogP contribution in [0.1, 0.15) is 5.56 Å². The summed E-state index contributed by atoms with van der Waals surface area (Å²) in [7, 11) is 0. The molecule has 0 saturated carbocycles. The summed E-state index contributed by atoms with van der Waals surface area (Å²) in [6, 6.07) is 13.5. The van der Waals surface area contributed by atoms with Crippen LogP contribution in [-0.4, -0.2) is 18.5 Å². The lowest BCUT2D eigenvalue weighted by molar-refractivity contribution is -0.113. The Morgan fingerprint density at radius 1 is 1.18 bits per heavy atom. The van der Waals surface area contributed by atoms with E-state index in [9.17, 15) is 4.79 Å². The molecule has 22 heavy (non-hydrogen) atoms. The summed E-state index contributed by atoms with van der Waals surface area (Å²) in [5, 5.41) is 2.86. The van der Waals surface area contributed by atoms with Crippen molar-refractivity contribution in [2.45, 2.75) is 5.75 Å². The predicted octanol–water partition coefficient (Wildman–Crippen LogP) is 4.05. The Balaban J connectivity index is 1.48. The molecular formula is C16H14BrNO3S. The van der Waals surface area contributed by atoms with E-state index in [1.54, 1.807) is 23.9 Å². The molecule has 0 fully saturated rings. The molecule has 0 unspecified atom stereocenters. The third-order valence-electron chi connectivity index (χ3n) is 3.05. The molecule has 1 aliphatic rings. The lowest BCUT2D eigenvalue weighted by Gasteiger charge is -2.06. The summed E-state index contributed by atoms with van der Waals surface area (Å²) in [6.45, 7) is 0.231. The first-order valence-electron chi connectivity index (χ1n) is 6.72. The first-order chi connectivity index (χ1) is 10.7. The number of benzene rings is 2. The Hall–Kier alpha value is -1.66. The zero-order chi connectivity index (χ0) is 15.4. The highest BCUT2D eigenvalue weighted by molar-refractivity contribution is 9.10. The Morgan fingerprint density at radius 3 is 2.91 bits per heavy atom. The van der Waals surface area contributed by atoms with Crippen LogP contribution in [0.5, 0.6) is 11.5 Å². The van der Waals surface area contributed by atoms with Crippen LogP contribution in [0.15, 0.2) is 46.9 Å². The number of hydrogen-bond donors (Lipinski definition) is 1. The number of ether oxygens (including phenoxy) is 2. The molecule has 1 N–H and O–H groups in total. The van der Waals surface area contributed by atoms with Crippen molar-refractivity contribution < 1.29 is 14.3 Å². The van der Waals surface area contributed by atoms with Crippen LogP contribution in [0.2, 0.25) is 0 Å². The number of anilines is 1. The van der Waals surface area contributed by atoms with Crippen molar-refractivity contribution in [2.75, 3.05) is 17.9 Å². The fourth-order valence-corrected chi connectivity index (χ4v) is 3.28. The summed E-state index contributed by atoms with van der Waals surface area (Å²) in [6.07, 6.45) is 0. The number of thioether (sulfide) groups is 1. The zero-order valence-corrected chi connectivity index (χ0v) is 14.1. The lowest BCUT2D eigenvalue weighted by Crippen LogP contribution is -2.14. The van der Waals surface area contributed by atoms with Crippen LogP contribution >= 0.6 is 27.7 Å². The second-order valence-electron chi connectivity index (χ2n) is 4.74. The third-order valence-corrected chi connectivity index (χ3v) is 4.54.